The van der Waals surface area contributed by atoms with Gasteiger partial charge in [0.05, 0.1) is 18.1 Å². The summed E-state index contributed by atoms with van der Waals surface area (Å²) in [5, 5.41) is 9.50. The summed E-state index contributed by atoms with van der Waals surface area (Å²) >= 11 is 0. The van der Waals surface area contributed by atoms with Gasteiger partial charge >= 0.3 is 5.97 Å². The number of esters is 1. The molecule has 16 heavy (non-hydrogen) atoms. The Morgan fingerprint density at radius 3 is 2.62 bits per heavy atom. The Labute approximate surface area is 98.2 Å². The average Bonchev–Trinajstić information content (AvgIpc) is 2.16. The van der Waals surface area contributed by atoms with Gasteiger partial charge in [-0.2, -0.15) is 0 Å². The highest BCUT2D eigenvalue weighted by molar-refractivity contribution is 5.72. The van der Waals surface area contributed by atoms with Gasteiger partial charge in [0.1, 0.15) is 0 Å². The molecule has 1 aliphatic carbocycles. The zero-order chi connectivity index (χ0) is 12.1. The molecular weight excluding hydrogens is 204 g/mol. The normalized spacial score (nSPS) is 27.8. The average molecular weight is 228 g/mol. The quantitative estimate of drug-likeness (QED) is 0.752. The maximum absolute atomic E-state index is 11.8. The van der Waals surface area contributed by atoms with Crippen LogP contribution in [0, 0.1) is 11.8 Å². The van der Waals surface area contributed by atoms with E-state index in [0.29, 0.717) is 12.3 Å². The largest absolute Gasteiger partial charge is 0.462 e. The zero-order valence-corrected chi connectivity index (χ0v) is 10.6. The predicted octanol–water partition coefficient (Wildman–Crippen LogP) is 2.52. The predicted molar refractivity (Wildman–Crippen MR) is 63.0 cm³/mol. The third-order valence-electron chi connectivity index (χ3n) is 3.10. The first-order chi connectivity index (χ1) is 7.49. The van der Waals surface area contributed by atoms with Crippen molar-refractivity contribution in [1.82, 2.24) is 0 Å². The van der Waals surface area contributed by atoms with Crippen molar-refractivity contribution in [1.29, 1.82) is 0 Å². The van der Waals surface area contributed by atoms with E-state index in [0.717, 1.165) is 25.7 Å². The number of ether oxygens (including phenoxy) is 1. The monoisotopic (exact) mass is 228 g/mol. The number of carbonyl (C=O) groups excluding carboxylic acids is 1. The van der Waals surface area contributed by atoms with Crippen LogP contribution in [0.3, 0.4) is 0 Å². The highest BCUT2D eigenvalue weighted by atomic mass is 16.5. The second-order valence-electron chi connectivity index (χ2n) is 5.39. The first-order valence-electron chi connectivity index (χ1n) is 6.37. The fraction of sp³-hybridized carbons (Fsp3) is 0.923. The lowest BCUT2D eigenvalue weighted by atomic mass is 9.87. The summed E-state index contributed by atoms with van der Waals surface area (Å²) in [5.74, 6) is 0.338. The van der Waals surface area contributed by atoms with E-state index in [-0.39, 0.29) is 24.1 Å². The van der Waals surface area contributed by atoms with Gasteiger partial charge in [0.2, 0.25) is 0 Å². The molecule has 0 heterocycles. The minimum atomic E-state index is -0.313. The molecule has 0 aromatic carbocycles. The minimum Gasteiger partial charge on any atom is -0.462 e. The van der Waals surface area contributed by atoms with Gasteiger partial charge in [-0.05, 0) is 38.5 Å². The molecule has 0 saturated heterocycles. The van der Waals surface area contributed by atoms with Gasteiger partial charge < -0.3 is 9.84 Å². The molecule has 0 aromatic rings. The second-order valence-corrected chi connectivity index (χ2v) is 5.39. The zero-order valence-electron chi connectivity index (χ0n) is 10.6. The van der Waals surface area contributed by atoms with Gasteiger partial charge in [0, 0.05) is 0 Å². The molecule has 3 heteroatoms. The molecule has 0 spiro atoms. The lowest BCUT2D eigenvalue weighted by molar-refractivity contribution is -0.156. The first-order valence-corrected chi connectivity index (χ1v) is 6.37. The molecule has 1 saturated carbocycles. The molecule has 0 amide bonds. The van der Waals surface area contributed by atoms with Gasteiger partial charge in [-0.3, -0.25) is 4.79 Å². The van der Waals surface area contributed by atoms with E-state index in [1.54, 1.807) is 0 Å². The number of aliphatic hydroxyl groups excluding tert-OH is 1. The van der Waals surface area contributed by atoms with Gasteiger partial charge in [-0.25, -0.2) is 0 Å². The maximum atomic E-state index is 11.8. The SMILES string of the molecule is CC(C)CC(C)OC(=O)C1CCCC(O)C1. The number of aliphatic hydroxyl groups is 1. The summed E-state index contributed by atoms with van der Waals surface area (Å²) in [6.07, 6.45) is 3.78. The molecule has 3 atom stereocenters. The van der Waals surface area contributed by atoms with Crippen molar-refractivity contribution in [3.63, 3.8) is 0 Å². The second kappa shape index (κ2) is 6.24. The van der Waals surface area contributed by atoms with Gasteiger partial charge in [0.25, 0.3) is 0 Å². The third-order valence-corrected chi connectivity index (χ3v) is 3.10. The van der Waals surface area contributed by atoms with Crippen LogP contribution in [0.2, 0.25) is 0 Å². The van der Waals surface area contributed by atoms with Gasteiger partial charge in [0.15, 0.2) is 0 Å². The van der Waals surface area contributed by atoms with E-state index in [9.17, 15) is 9.90 Å². The summed E-state index contributed by atoms with van der Waals surface area (Å²) < 4.78 is 5.40. The van der Waals surface area contributed by atoms with Crippen molar-refractivity contribution >= 4 is 5.97 Å². The highest BCUT2D eigenvalue weighted by Gasteiger charge is 2.28. The van der Waals surface area contributed by atoms with Crippen LogP contribution in [0.5, 0.6) is 0 Å². The van der Waals surface area contributed by atoms with E-state index in [4.69, 9.17) is 4.74 Å². The molecular formula is C13H24O3. The Morgan fingerprint density at radius 1 is 1.38 bits per heavy atom. The van der Waals surface area contributed by atoms with Crippen molar-refractivity contribution < 1.29 is 14.6 Å². The maximum Gasteiger partial charge on any atom is 0.309 e. The summed E-state index contributed by atoms with van der Waals surface area (Å²) in [7, 11) is 0. The topological polar surface area (TPSA) is 46.5 Å². The summed E-state index contributed by atoms with van der Waals surface area (Å²) in [6.45, 7) is 6.18. The van der Waals surface area contributed by atoms with Gasteiger partial charge in [-0.1, -0.05) is 20.3 Å². The lowest BCUT2D eigenvalue weighted by Gasteiger charge is -2.26. The summed E-state index contributed by atoms with van der Waals surface area (Å²) in [6, 6.07) is 0. The number of hydrogen-bond acceptors (Lipinski definition) is 3. The van der Waals surface area contributed by atoms with Crippen LogP contribution in [0.15, 0.2) is 0 Å². The first kappa shape index (κ1) is 13.5. The number of carbonyl (C=O) groups is 1. The Bertz CT molecular complexity index is 225. The van der Waals surface area contributed by atoms with Crippen LogP contribution >= 0.6 is 0 Å². The molecule has 3 unspecified atom stereocenters. The van der Waals surface area contributed by atoms with E-state index in [2.05, 4.69) is 13.8 Å². The van der Waals surface area contributed by atoms with Crippen LogP contribution in [0.4, 0.5) is 0 Å². The van der Waals surface area contributed by atoms with Gasteiger partial charge in [-0.15, -0.1) is 0 Å². The van der Waals surface area contributed by atoms with Crippen molar-refractivity contribution in [2.75, 3.05) is 0 Å². The number of rotatable bonds is 4. The molecule has 0 radical (unpaired) electrons. The number of hydrogen-bond donors (Lipinski definition) is 1. The fourth-order valence-corrected chi connectivity index (χ4v) is 2.38. The highest BCUT2D eigenvalue weighted by Crippen LogP contribution is 2.26. The molecule has 1 aliphatic rings. The molecule has 1 N–H and O–H groups in total. The molecule has 94 valence electrons. The van der Waals surface area contributed by atoms with Crippen LogP contribution in [-0.2, 0) is 9.53 Å². The van der Waals surface area contributed by atoms with Crippen LogP contribution in [0.25, 0.3) is 0 Å². The Morgan fingerprint density at radius 2 is 2.06 bits per heavy atom. The van der Waals surface area contributed by atoms with E-state index >= 15 is 0 Å². The molecule has 1 fully saturated rings. The van der Waals surface area contributed by atoms with Crippen molar-refractivity contribution in [2.24, 2.45) is 11.8 Å². The minimum absolute atomic E-state index is 0.00781. The van der Waals surface area contributed by atoms with E-state index < -0.39 is 0 Å². The Hall–Kier alpha value is -0.570. The fourth-order valence-electron chi connectivity index (χ4n) is 2.38. The molecule has 3 nitrogen and oxygen atoms in total. The van der Waals surface area contributed by atoms with Crippen LogP contribution in [-0.4, -0.2) is 23.3 Å². The smallest absolute Gasteiger partial charge is 0.309 e. The van der Waals surface area contributed by atoms with Crippen molar-refractivity contribution in [3.8, 4) is 0 Å². The molecule has 0 aliphatic heterocycles. The summed E-state index contributed by atoms with van der Waals surface area (Å²) in [5.41, 5.74) is 0. The van der Waals surface area contributed by atoms with E-state index in [1.165, 1.54) is 0 Å². The van der Waals surface area contributed by atoms with Crippen LogP contribution < -0.4 is 0 Å². The Kier molecular flexibility index (Phi) is 5.26. The van der Waals surface area contributed by atoms with E-state index in [1.807, 2.05) is 6.92 Å². The Balaban J connectivity index is 2.33. The lowest BCUT2D eigenvalue weighted by Crippen LogP contribution is -2.29. The van der Waals surface area contributed by atoms with Crippen LogP contribution in [0.1, 0.15) is 52.9 Å². The van der Waals surface area contributed by atoms with Crippen molar-refractivity contribution in [3.05, 3.63) is 0 Å². The molecule has 0 aromatic heterocycles. The summed E-state index contributed by atoms with van der Waals surface area (Å²) in [4.78, 5) is 11.8. The van der Waals surface area contributed by atoms with Crippen molar-refractivity contribution in [2.45, 2.75) is 65.1 Å². The molecule has 0 bridgehead atoms. The third kappa shape index (κ3) is 4.52. The molecule has 1 rings (SSSR count). The standard InChI is InChI=1S/C13H24O3/c1-9(2)7-10(3)16-13(15)11-5-4-6-12(14)8-11/h9-12,14H,4-8H2,1-3H3.